The monoisotopic (exact) mass is 356 g/mol. The Morgan fingerprint density at radius 2 is 1.96 bits per heavy atom. The zero-order chi connectivity index (χ0) is 17.8. The molecule has 25 heavy (non-hydrogen) atoms. The fourth-order valence-corrected chi connectivity index (χ4v) is 3.28. The molecule has 0 fully saturated rings. The molecule has 2 aromatic carbocycles. The van der Waals surface area contributed by atoms with Gasteiger partial charge >= 0.3 is 0 Å². The van der Waals surface area contributed by atoms with E-state index >= 15 is 0 Å². The van der Waals surface area contributed by atoms with Crippen LogP contribution in [0.1, 0.15) is 31.3 Å². The minimum Gasteiger partial charge on any atom is -0.337 e. The number of aromatic nitrogens is 2. The Morgan fingerprint density at radius 1 is 1.20 bits per heavy atom. The van der Waals surface area contributed by atoms with Gasteiger partial charge in [0.1, 0.15) is 6.04 Å². The van der Waals surface area contributed by atoms with Crippen LogP contribution in [0.2, 0.25) is 5.02 Å². The molecule has 0 aliphatic carbocycles. The third-order valence-electron chi connectivity index (χ3n) is 4.47. The van der Waals surface area contributed by atoms with Crippen molar-refractivity contribution in [2.75, 3.05) is 6.54 Å². The molecule has 0 bridgehead atoms. The first-order valence-electron chi connectivity index (χ1n) is 8.67. The van der Waals surface area contributed by atoms with Crippen molar-refractivity contribution in [2.45, 2.75) is 32.9 Å². The lowest BCUT2D eigenvalue weighted by Crippen LogP contribution is -2.85. The first-order valence-corrected chi connectivity index (χ1v) is 9.05. The van der Waals surface area contributed by atoms with Crippen LogP contribution in [0.25, 0.3) is 10.9 Å². The summed E-state index contributed by atoms with van der Waals surface area (Å²) in [6.07, 6.45) is 0.987. The van der Waals surface area contributed by atoms with Crippen LogP contribution in [-0.4, -0.2) is 16.1 Å². The van der Waals surface area contributed by atoms with Crippen LogP contribution < -0.4 is 10.9 Å². The molecule has 0 spiro atoms. The van der Waals surface area contributed by atoms with Crippen LogP contribution in [0.3, 0.4) is 0 Å². The Morgan fingerprint density at radius 3 is 2.68 bits per heavy atom. The lowest BCUT2D eigenvalue weighted by Gasteiger charge is -2.16. The standard InChI is InChI=1S/C20H22ClN3O/c1-3-24-19(14(2)22-12-11-15-7-5-4-6-8-15)23-18-13-16(21)9-10-17(18)20(24)25/h4-10,13-14,22H,3,11-12H2,1-2H3/p+1/t14-/m0/s1. The van der Waals surface area contributed by atoms with Gasteiger partial charge in [-0.05, 0) is 37.6 Å². The fraction of sp³-hybridized carbons (Fsp3) is 0.300. The molecule has 0 aliphatic heterocycles. The minimum absolute atomic E-state index is 0.00229. The first kappa shape index (κ1) is 17.6. The largest absolute Gasteiger partial charge is 0.337 e. The average Bonchev–Trinajstić information content (AvgIpc) is 2.62. The number of halogens is 1. The Balaban J connectivity index is 1.84. The number of rotatable bonds is 6. The molecule has 3 rings (SSSR count). The zero-order valence-electron chi connectivity index (χ0n) is 14.6. The van der Waals surface area contributed by atoms with Gasteiger partial charge in [-0.25, -0.2) is 4.98 Å². The van der Waals surface area contributed by atoms with Gasteiger partial charge in [0.15, 0.2) is 5.82 Å². The van der Waals surface area contributed by atoms with E-state index in [1.165, 1.54) is 5.56 Å². The minimum atomic E-state index is 0.00229. The van der Waals surface area contributed by atoms with E-state index in [0.29, 0.717) is 22.5 Å². The quantitative estimate of drug-likeness (QED) is 0.738. The Bertz CT molecular complexity index is 921. The molecule has 3 aromatic rings. The van der Waals surface area contributed by atoms with Crippen molar-refractivity contribution in [2.24, 2.45) is 0 Å². The summed E-state index contributed by atoms with van der Waals surface area (Å²) < 4.78 is 1.76. The molecule has 0 unspecified atom stereocenters. The van der Waals surface area contributed by atoms with Crippen LogP contribution in [0, 0.1) is 0 Å². The van der Waals surface area contributed by atoms with Gasteiger partial charge in [0, 0.05) is 18.0 Å². The molecular weight excluding hydrogens is 334 g/mol. The molecule has 130 valence electrons. The van der Waals surface area contributed by atoms with Crippen molar-refractivity contribution in [3.8, 4) is 0 Å². The van der Waals surface area contributed by atoms with E-state index in [1.54, 1.807) is 22.8 Å². The molecule has 1 heterocycles. The molecular formula is C20H23ClN3O+. The molecule has 0 amide bonds. The number of benzene rings is 2. The number of hydrogen-bond acceptors (Lipinski definition) is 2. The second kappa shape index (κ2) is 7.81. The molecule has 4 nitrogen and oxygen atoms in total. The molecule has 0 saturated heterocycles. The van der Waals surface area contributed by atoms with Gasteiger partial charge in [0.25, 0.3) is 5.56 Å². The maximum Gasteiger partial charge on any atom is 0.261 e. The Kier molecular flexibility index (Phi) is 5.51. The molecule has 5 heteroatoms. The van der Waals surface area contributed by atoms with Crippen molar-refractivity contribution < 1.29 is 5.32 Å². The number of hydrogen-bond donors (Lipinski definition) is 1. The second-order valence-corrected chi connectivity index (χ2v) is 6.67. The molecule has 1 atom stereocenters. The van der Waals surface area contributed by atoms with E-state index in [2.05, 4.69) is 36.5 Å². The van der Waals surface area contributed by atoms with Gasteiger partial charge in [-0.3, -0.25) is 9.36 Å². The third kappa shape index (κ3) is 3.91. The highest BCUT2D eigenvalue weighted by Crippen LogP contribution is 2.17. The normalized spacial score (nSPS) is 12.4. The summed E-state index contributed by atoms with van der Waals surface area (Å²) in [5.41, 5.74) is 1.99. The predicted octanol–water partition coefficient (Wildman–Crippen LogP) is 2.94. The number of quaternary nitrogens is 1. The van der Waals surface area contributed by atoms with Crippen LogP contribution in [0.4, 0.5) is 0 Å². The van der Waals surface area contributed by atoms with Crippen LogP contribution >= 0.6 is 11.6 Å². The highest BCUT2D eigenvalue weighted by Gasteiger charge is 2.18. The van der Waals surface area contributed by atoms with Gasteiger partial charge in [-0.15, -0.1) is 0 Å². The third-order valence-corrected chi connectivity index (χ3v) is 4.70. The zero-order valence-corrected chi connectivity index (χ0v) is 15.3. The van der Waals surface area contributed by atoms with E-state index < -0.39 is 0 Å². The highest BCUT2D eigenvalue weighted by atomic mass is 35.5. The van der Waals surface area contributed by atoms with Gasteiger partial charge in [-0.2, -0.15) is 0 Å². The summed E-state index contributed by atoms with van der Waals surface area (Å²) in [5, 5.41) is 3.45. The highest BCUT2D eigenvalue weighted by molar-refractivity contribution is 6.31. The molecule has 2 N–H and O–H groups in total. The van der Waals surface area contributed by atoms with Crippen molar-refractivity contribution in [3.05, 3.63) is 75.3 Å². The Labute approximate surface area is 152 Å². The van der Waals surface area contributed by atoms with E-state index in [9.17, 15) is 4.79 Å². The van der Waals surface area contributed by atoms with Crippen molar-refractivity contribution in [1.82, 2.24) is 9.55 Å². The summed E-state index contributed by atoms with van der Waals surface area (Å²) >= 11 is 6.07. The van der Waals surface area contributed by atoms with Crippen LogP contribution in [0.15, 0.2) is 53.3 Å². The average molecular weight is 357 g/mol. The summed E-state index contributed by atoms with van der Waals surface area (Å²) in [5.74, 6) is 0.801. The maximum absolute atomic E-state index is 12.8. The van der Waals surface area contributed by atoms with Crippen molar-refractivity contribution in [1.29, 1.82) is 0 Å². The van der Waals surface area contributed by atoms with Crippen LogP contribution in [-0.2, 0) is 13.0 Å². The van der Waals surface area contributed by atoms with E-state index in [1.807, 2.05) is 13.0 Å². The molecule has 0 aliphatic rings. The number of nitrogens with zero attached hydrogens (tertiary/aromatic N) is 2. The van der Waals surface area contributed by atoms with Crippen molar-refractivity contribution in [3.63, 3.8) is 0 Å². The molecule has 0 saturated carbocycles. The summed E-state index contributed by atoms with van der Waals surface area (Å²) in [4.78, 5) is 17.5. The van der Waals surface area contributed by atoms with Gasteiger partial charge in [-0.1, -0.05) is 41.9 Å². The van der Waals surface area contributed by atoms with E-state index in [-0.39, 0.29) is 11.6 Å². The summed E-state index contributed by atoms with van der Waals surface area (Å²) in [6.45, 7) is 5.62. The van der Waals surface area contributed by atoms with Crippen LogP contribution in [0.5, 0.6) is 0 Å². The van der Waals surface area contributed by atoms with Crippen molar-refractivity contribution >= 4 is 22.5 Å². The lowest BCUT2D eigenvalue weighted by molar-refractivity contribution is -0.693. The van der Waals surface area contributed by atoms with Gasteiger partial charge in [0.05, 0.1) is 17.4 Å². The number of fused-ring (bicyclic) bond motifs is 1. The topological polar surface area (TPSA) is 51.5 Å². The fourth-order valence-electron chi connectivity index (χ4n) is 3.11. The molecule has 0 radical (unpaired) electrons. The Hall–Kier alpha value is -2.17. The smallest absolute Gasteiger partial charge is 0.261 e. The SMILES string of the molecule is CCn1c([C@H](C)[NH2+]CCc2ccccc2)nc2cc(Cl)ccc2c1=O. The summed E-state index contributed by atoms with van der Waals surface area (Å²) in [6, 6.07) is 15.8. The first-order chi connectivity index (χ1) is 12.1. The second-order valence-electron chi connectivity index (χ2n) is 6.23. The maximum atomic E-state index is 12.8. The lowest BCUT2D eigenvalue weighted by atomic mass is 10.1. The molecule has 1 aromatic heterocycles. The van der Waals surface area contributed by atoms with Gasteiger partial charge < -0.3 is 5.32 Å². The van der Waals surface area contributed by atoms with Gasteiger partial charge in [0.2, 0.25) is 0 Å². The van der Waals surface area contributed by atoms with E-state index in [4.69, 9.17) is 16.6 Å². The number of nitrogens with two attached hydrogens (primary N) is 1. The van der Waals surface area contributed by atoms with E-state index in [0.717, 1.165) is 18.8 Å². The predicted molar refractivity (Wildman–Crippen MR) is 102 cm³/mol. The summed E-state index contributed by atoms with van der Waals surface area (Å²) in [7, 11) is 0.